The van der Waals surface area contributed by atoms with Crippen LogP contribution in [0.1, 0.15) is 37.7 Å². The van der Waals surface area contributed by atoms with Crippen molar-refractivity contribution in [2.45, 2.75) is 56.8 Å². The maximum atomic E-state index is 13.5. The van der Waals surface area contributed by atoms with Crippen LogP contribution in [-0.2, 0) is 16.0 Å². The monoisotopic (exact) mass is 413 g/mol. The molecule has 1 aliphatic heterocycles. The van der Waals surface area contributed by atoms with Crippen molar-refractivity contribution in [3.8, 4) is 0 Å². The number of carboxylic acids is 1. The Morgan fingerprint density at radius 2 is 1.83 bits per heavy atom. The van der Waals surface area contributed by atoms with Crippen molar-refractivity contribution >= 4 is 17.9 Å². The van der Waals surface area contributed by atoms with Crippen molar-refractivity contribution in [2.75, 3.05) is 0 Å². The van der Waals surface area contributed by atoms with Crippen LogP contribution in [0.5, 0.6) is 0 Å². The molecule has 29 heavy (non-hydrogen) atoms. The van der Waals surface area contributed by atoms with E-state index in [1.54, 1.807) is 12.1 Å². The molecule has 3 atom stereocenters. The number of hydrogen-bond acceptors (Lipinski definition) is 4. The second-order valence-electron chi connectivity index (χ2n) is 7.52. The van der Waals surface area contributed by atoms with E-state index in [4.69, 9.17) is 0 Å². The van der Waals surface area contributed by atoms with E-state index in [1.807, 2.05) is 5.32 Å². The van der Waals surface area contributed by atoms with Crippen LogP contribution in [0.3, 0.4) is 0 Å². The molecule has 2 N–H and O–H groups in total. The summed E-state index contributed by atoms with van der Waals surface area (Å²) < 4.78 is 40.6. The van der Waals surface area contributed by atoms with Gasteiger partial charge in [-0.3, -0.25) is 9.78 Å². The Hall–Kier alpha value is -2.65. The number of likely N-dealkylation sites (tertiary alicyclic amines) is 1. The number of nitrogens with zero attached hydrogens (tertiary/aromatic N) is 2. The van der Waals surface area contributed by atoms with Gasteiger partial charge in [0.25, 0.3) is 0 Å². The number of halogens is 3. The molecule has 0 bridgehead atoms. The number of β-lactam (4-membered cyclic amide) rings is 1. The van der Waals surface area contributed by atoms with Gasteiger partial charge in [0.05, 0.1) is 5.92 Å². The number of urea groups is 1. The zero-order chi connectivity index (χ0) is 21.2. The molecule has 0 spiro atoms. The average molecular weight is 413 g/mol. The third kappa shape index (κ3) is 4.51. The fourth-order valence-electron chi connectivity index (χ4n) is 4.17. The first-order chi connectivity index (χ1) is 13.7. The molecule has 3 rings (SSSR count). The maximum absolute atomic E-state index is 13.5. The van der Waals surface area contributed by atoms with Crippen LogP contribution in [0.2, 0.25) is 0 Å². The van der Waals surface area contributed by atoms with Crippen LogP contribution >= 0.6 is 0 Å². The molecule has 2 fully saturated rings. The lowest BCUT2D eigenvalue weighted by Gasteiger charge is -2.44. The van der Waals surface area contributed by atoms with Crippen molar-refractivity contribution in [3.63, 3.8) is 0 Å². The predicted molar refractivity (Wildman–Crippen MR) is 94.7 cm³/mol. The van der Waals surface area contributed by atoms with Crippen LogP contribution in [0, 0.1) is 11.8 Å². The number of carboxylic acid groups (broad SMARTS) is 1. The van der Waals surface area contributed by atoms with Crippen molar-refractivity contribution in [2.24, 2.45) is 11.8 Å². The highest BCUT2D eigenvalue weighted by Gasteiger charge is 2.56. The quantitative estimate of drug-likeness (QED) is 0.723. The number of alkyl halides is 3. The van der Waals surface area contributed by atoms with Gasteiger partial charge in [0.15, 0.2) is 6.04 Å². The number of aliphatic carboxylic acids is 1. The number of hydrogen-bond donors (Lipinski definition) is 2. The maximum Gasteiger partial charge on any atom is 0.408 e. The molecular formula is C19H22F3N3O4. The first-order valence-electron chi connectivity index (χ1n) is 9.52. The minimum atomic E-state index is -4.68. The molecule has 10 heteroatoms. The van der Waals surface area contributed by atoms with E-state index in [0.717, 1.165) is 6.42 Å². The van der Waals surface area contributed by atoms with Gasteiger partial charge in [-0.1, -0.05) is 19.3 Å². The standard InChI is InChI=1S/C19H22F3N3O4/c20-19(21,22)15(12-4-2-1-3-5-12)24-18(29)25-14(17(27)28)13(16(25)26)10-11-6-8-23-9-7-11/h6-9,12-15H,1-5,10H2,(H,24,29)(H,27,28). The summed E-state index contributed by atoms with van der Waals surface area (Å²) in [7, 11) is 0. The lowest BCUT2D eigenvalue weighted by atomic mass is 9.82. The van der Waals surface area contributed by atoms with E-state index in [-0.39, 0.29) is 6.42 Å². The summed E-state index contributed by atoms with van der Waals surface area (Å²) in [6.07, 6.45) is 1.12. The van der Waals surface area contributed by atoms with Gasteiger partial charge in [-0.2, -0.15) is 13.2 Å². The number of rotatable bonds is 5. The van der Waals surface area contributed by atoms with Gasteiger partial charge in [0, 0.05) is 12.4 Å². The largest absolute Gasteiger partial charge is 0.480 e. The third-order valence-electron chi connectivity index (χ3n) is 5.64. The van der Waals surface area contributed by atoms with Crippen LogP contribution < -0.4 is 5.32 Å². The highest BCUT2D eigenvalue weighted by atomic mass is 19.4. The Labute approximate surface area is 165 Å². The van der Waals surface area contributed by atoms with Crippen LogP contribution in [0.25, 0.3) is 0 Å². The van der Waals surface area contributed by atoms with Gasteiger partial charge in [-0.05, 0) is 42.9 Å². The molecule has 0 aromatic carbocycles. The lowest BCUT2D eigenvalue weighted by molar-refractivity contribution is -0.172. The number of imide groups is 1. The predicted octanol–water partition coefficient (Wildman–Crippen LogP) is 2.76. The molecule has 1 aromatic heterocycles. The number of nitrogens with one attached hydrogen (secondary N) is 1. The minimum Gasteiger partial charge on any atom is -0.480 e. The fraction of sp³-hybridized carbons (Fsp3) is 0.579. The Morgan fingerprint density at radius 1 is 1.21 bits per heavy atom. The van der Waals surface area contributed by atoms with E-state index in [9.17, 15) is 32.7 Å². The molecule has 158 valence electrons. The normalized spacial score (nSPS) is 24.0. The fourth-order valence-corrected chi connectivity index (χ4v) is 4.17. The van der Waals surface area contributed by atoms with Gasteiger partial charge in [0.1, 0.15) is 6.04 Å². The zero-order valence-corrected chi connectivity index (χ0v) is 15.6. The summed E-state index contributed by atoms with van der Waals surface area (Å²) in [6.45, 7) is 0. The summed E-state index contributed by atoms with van der Waals surface area (Å²) >= 11 is 0. The summed E-state index contributed by atoms with van der Waals surface area (Å²) in [5.74, 6) is -4.02. The Bertz CT molecular complexity index is 766. The Kier molecular flexibility index (Phi) is 6.09. The van der Waals surface area contributed by atoms with Crippen LogP contribution in [0.4, 0.5) is 18.0 Å². The summed E-state index contributed by atoms with van der Waals surface area (Å²) in [5.41, 5.74) is 0.653. The van der Waals surface area contributed by atoms with Gasteiger partial charge < -0.3 is 10.4 Å². The van der Waals surface area contributed by atoms with Gasteiger partial charge in [-0.15, -0.1) is 0 Å². The van der Waals surface area contributed by atoms with Crippen LogP contribution in [0.15, 0.2) is 24.5 Å². The van der Waals surface area contributed by atoms with Crippen molar-refractivity contribution in [1.29, 1.82) is 0 Å². The summed E-state index contributed by atoms with van der Waals surface area (Å²) in [5, 5.41) is 11.3. The SMILES string of the molecule is O=C(O)C1C(Cc2ccncc2)C(=O)N1C(=O)NC(C1CCCCC1)C(F)(F)F. The molecular weight excluding hydrogens is 391 g/mol. The van der Waals surface area contributed by atoms with Gasteiger partial charge in [-0.25, -0.2) is 14.5 Å². The molecule has 1 saturated carbocycles. The van der Waals surface area contributed by atoms with E-state index in [0.29, 0.717) is 36.1 Å². The molecule has 3 unspecified atom stereocenters. The number of carbonyl (C=O) groups is 3. The highest BCUT2D eigenvalue weighted by Crippen LogP contribution is 2.36. The topological polar surface area (TPSA) is 99.6 Å². The molecule has 2 heterocycles. The number of pyridine rings is 1. The third-order valence-corrected chi connectivity index (χ3v) is 5.64. The highest BCUT2D eigenvalue weighted by molar-refractivity contribution is 6.07. The molecule has 1 aromatic rings. The molecule has 2 aliphatic rings. The first-order valence-corrected chi connectivity index (χ1v) is 9.52. The lowest BCUT2D eigenvalue weighted by Crippen LogP contribution is -2.70. The van der Waals surface area contributed by atoms with E-state index >= 15 is 0 Å². The zero-order valence-electron chi connectivity index (χ0n) is 15.6. The van der Waals surface area contributed by atoms with Crippen molar-refractivity contribution in [1.82, 2.24) is 15.2 Å². The molecule has 1 aliphatic carbocycles. The minimum absolute atomic E-state index is 0.0629. The summed E-state index contributed by atoms with van der Waals surface area (Å²) in [6, 6.07) is -1.69. The Balaban J connectivity index is 1.73. The second-order valence-corrected chi connectivity index (χ2v) is 7.52. The second kappa shape index (κ2) is 8.38. The van der Waals surface area contributed by atoms with Gasteiger partial charge in [0.2, 0.25) is 5.91 Å². The smallest absolute Gasteiger partial charge is 0.408 e. The van der Waals surface area contributed by atoms with Crippen molar-refractivity contribution < 1.29 is 32.7 Å². The number of aromatic nitrogens is 1. The Morgan fingerprint density at radius 3 is 2.38 bits per heavy atom. The molecule has 7 nitrogen and oxygen atoms in total. The van der Waals surface area contributed by atoms with Crippen LogP contribution in [-0.4, -0.2) is 51.2 Å². The van der Waals surface area contributed by atoms with E-state index in [1.165, 1.54) is 12.4 Å². The molecule has 1 saturated heterocycles. The molecule has 3 amide bonds. The van der Waals surface area contributed by atoms with E-state index < -0.39 is 48.0 Å². The first kappa shape index (κ1) is 21.1. The number of amides is 3. The van der Waals surface area contributed by atoms with E-state index in [2.05, 4.69) is 4.98 Å². The van der Waals surface area contributed by atoms with Crippen molar-refractivity contribution in [3.05, 3.63) is 30.1 Å². The summed E-state index contributed by atoms with van der Waals surface area (Å²) in [4.78, 5) is 40.8. The number of carbonyl (C=O) groups excluding carboxylic acids is 2. The average Bonchev–Trinajstić information content (AvgIpc) is 2.68. The van der Waals surface area contributed by atoms with Gasteiger partial charge >= 0.3 is 18.2 Å². The molecule has 0 radical (unpaired) electrons.